The Morgan fingerprint density at radius 2 is 2.00 bits per heavy atom. The highest BCUT2D eigenvalue weighted by Crippen LogP contribution is 2.18. The average Bonchev–Trinajstić information content (AvgIpc) is 2.26. The summed E-state index contributed by atoms with van der Waals surface area (Å²) in [6.45, 7) is 9.35. The van der Waals surface area contributed by atoms with E-state index in [-0.39, 0.29) is 0 Å². The lowest BCUT2D eigenvalue weighted by Crippen LogP contribution is -2.23. The third kappa shape index (κ3) is 4.89. The van der Waals surface area contributed by atoms with Crippen LogP contribution in [0, 0.1) is 5.92 Å². The van der Waals surface area contributed by atoms with Crippen molar-refractivity contribution in [3.8, 4) is 0 Å². The zero-order valence-corrected chi connectivity index (χ0v) is 11.2. The summed E-state index contributed by atoms with van der Waals surface area (Å²) in [4.78, 5) is 4.28. The van der Waals surface area contributed by atoms with Crippen LogP contribution in [0.2, 0.25) is 0 Å². The maximum absolute atomic E-state index is 5.82. The molecule has 17 heavy (non-hydrogen) atoms. The molecule has 0 saturated carbocycles. The van der Waals surface area contributed by atoms with E-state index in [0.717, 1.165) is 12.2 Å². The minimum absolute atomic E-state index is 0.486. The number of hydrogen-bond donors (Lipinski definition) is 2. The van der Waals surface area contributed by atoms with Gasteiger partial charge in [-0.1, -0.05) is 39.8 Å². The molecule has 0 aliphatic heterocycles. The van der Waals surface area contributed by atoms with Crippen molar-refractivity contribution < 1.29 is 0 Å². The molecule has 94 valence electrons. The molecule has 0 unspecified atom stereocenters. The molecule has 0 aromatic heterocycles. The van der Waals surface area contributed by atoms with Crippen LogP contribution in [0.4, 0.5) is 5.69 Å². The summed E-state index contributed by atoms with van der Waals surface area (Å²) in [5.41, 5.74) is 8.12. The van der Waals surface area contributed by atoms with Gasteiger partial charge in [0, 0.05) is 12.2 Å². The van der Waals surface area contributed by atoms with Gasteiger partial charge < -0.3 is 11.1 Å². The molecule has 0 heterocycles. The molecular formula is C14H23N3. The van der Waals surface area contributed by atoms with Crippen molar-refractivity contribution in [3.63, 3.8) is 0 Å². The third-order valence-electron chi connectivity index (χ3n) is 2.45. The largest absolute Gasteiger partial charge is 0.370 e. The van der Waals surface area contributed by atoms with Crippen molar-refractivity contribution in [2.24, 2.45) is 16.6 Å². The first-order valence-corrected chi connectivity index (χ1v) is 6.16. The molecule has 0 aliphatic carbocycles. The number of nitrogens with two attached hydrogens (primary N) is 1. The van der Waals surface area contributed by atoms with Gasteiger partial charge in [0.1, 0.15) is 0 Å². The van der Waals surface area contributed by atoms with Gasteiger partial charge in [-0.05, 0) is 29.5 Å². The van der Waals surface area contributed by atoms with Crippen LogP contribution in [0.25, 0.3) is 0 Å². The van der Waals surface area contributed by atoms with Crippen molar-refractivity contribution in [2.75, 3.05) is 11.9 Å². The molecule has 0 aliphatic rings. The van der Waals surface area contributed by atoms with Crippen molar-refractivity contribution in [3.05, 3.63) is 29.8 Å². The van der Waals surface area contributed by atoms with Crippen molar-refractivity contribution in [1.82, 2.24) is 0 Å². The second kappa shape index (κ2) is 6.28. The van der Waals surface area contributed by atoms with E-state index >= 15 is 0 Å². The third-order valence-corrected chi connectivity index (χ3v) is 2.45. The van der Waals surface area contributed by atoms with Gasteiger partial charge in [-0.15, -0.1) is 0 Å². The lowest BCUT2D eigenvalue weighted by atomic mass is 10.0. The normalized spacial score (nSPS) is 12.2. The number of guanidine groups is 1. The van der Waals surface area contributed by atoms with Crippen LogP contribution in [0.15, 0.2) is 29.3 Å². The van der Waals surface area contributed by atoms with Crippen LogP contribution in [0.5, 0.6) is 0 Å². The van der Waals surface area contributed by atoms with Crippen LogP contribution in [-0.4, -0.2) is 12.5 Å². The minimum atomic E-state index is 0.486. The average molecular weight is 233 g/mol. The van der Waals surface area contributed by atoms with E-state index in [1.807, 2.05) is 12.1 Å². The van der Waals surface area contributed by atoms with E-state index in [2.05, 4.69) is 50.1 Å². The number of benzene rings is 1. The maximum Gasteiger partial charge on any atom is 0.193 e. The summed E-state index contributed by atoms with van der Waals surface area (Å²) >= 11 is 0. The van der Waals surface area contributed by atoms with E-state index in [1.54, 1.807) is 0 Å². The van der Waals surface area contributed by atoms with E-state index in [9.17, 15) is 0 Å². The highest BCUT2D eigenvalue weighted by molar-refractivity contribution is 5.92. The van der Waals surface area contributed by atoms with E-state index in [4.69, 9.17) is 5.73 Å². The lowest BCUT2D eigenvalue weighted by Gasteiger charge is -2.10. The molecule has 1 rings (SSSR count). The van der Waals surface area contributed by atoms with E-state index in [0.29, 0.717) is 17.8 Å². The van der Waals surface area contributed by atoms with Gasteiger partial charge in [0.15, 0.2) is 5.96 Å². The van der Waals surface area contributed by atoms with Gasteiger partial charge in [0.25, 0.3) is 0 Å². The van der Waals surface area contributed by atoms with E-state index in [1.165, 1.54) is 5.56 Å². The molecule has 0 atom stereocenters. The maximum atomic E-state index is 5.82. The predicted octanol–water partition coefficient (Wildman–Crippen LogP) is 3.19. The van der Waals surface area contributed by atoms with Crippen molar-refractivity contribution in [2.45, 2.75) is 33.6 Å². The summed E-state index contributed by atoms with van der Waals surface area (Å²) in [5, 5.41) is 3.12. The van der Waals surface area contributed by atoms with Crippen LogP contribution >= 0.6 is 0 Å². The number of anilines is 1. The second-order valence-corrected chi connectivity index (χ2v) is 5.02. The molecule has 1 aromatic carbocycles. The topological polar surface area (TPSA) is 50.4 Å². The first-order chi connectivity index (χ1) is 7.99. The smallest absolute Gasteiger partial charge is 0.193 e. The number of rotatable bonds is 4. The summed E-state index contributed by atoms with van der Waals surface area (Å²) in [6.07, 6.45) is 0. The Balaban J connectivity index is 2.68. The highest BCUT2D eigenvalue weighted by Gasteiger charge is 2.01. The molecule has 0 bridgehead atoms. The second-order valence-electron chi connectivity index (χ2n) is 5.02. The first kappa shape index (κ1) is 13.6. The molecule has 1 aromatic rings. The molecule has 0 radical (unpaired) electrons. The van der Waals surface area contributed by atoms with Crippen molar-refractivity contribution in [1.29, 1.82) is 0 Å². The quantitative estimate of drug-likeness (QED) is 0.620. The van der Waals surface area contributed by atoms with Gasteiger partial charge in [0.05, 0.1) is 0 Å². The Morgan fingerprint density at radius 3 is 2.59 bits per heavy atom. The van der Waals surface area contributed by atoms with Gasteiger partial charge in [-0.3, -0.25) is 4.99 Å². The van der Waals surface area contributed by atoms with Crippen LogP contribution < -0.4 is 11.1 Å². The Kier molecular flexibility index (Phi) is 5.01. The molecule has 0 fully saturated rings. The van der Waals surface area contributed by atoms with Crippen LogP contribution in [-0.2, 0) is 0 Å². The SMILES string of the molecule is CC(C)CN=C(N)Nc1cccc(C(C)C)c1. The number of aliphatic imine (C=N–C) groups is 1. The highest BCUT2D eigenvalue weighted by atomic mass is 15.1. The van der Waals surface area contributed by atoms with Crippen molar-refractivity contribution >= 4 is 11.6 Å². The summed E-state index contributed by atoms with van der Waals surface area (Å²) in [6, 6.07) is 8.27. The minimum Gasteiger partial charge on any atom is -0.370 e. The summed E-state index contributed by atoms with van der Waals surface area (Å²) < 4.78 is 0. The van der Waals surface area contributed by atoms with E-state index < -0.39 is 0 Å². The van der Waals surface area contributed by atoms with Crippen LogP contribution in [0.3, 0.4) is 0 Å². The Bertz CT molecular complexity index is 381. The standard InChI is InChI=1S/C14H23N3/c1-10(2)9-16-14(15)17-13-7-5-6-12(8-13)11(3)4/h5-8,10-11H,9H2,1-4H3,(H3,15,16,17). The fourth-order valence-electron chi connectivity index (χ4n) is 1.44. The van der Waals surface area contributed by atoms with Crippen LogP contribution in [0.1, 0.15) is 39.2 Å². The molecule has 3 N–H and O–H groups in total. The predicted molar refractivity (Wildman–Crippen MR) is 75.5 cm³/mol. The molecule has 0 spiro atoms. The zero-order valence-electron chi connectivity index (χ0n) is 11.2. The number of nitrogens with zero attached hydrogens (tertiary/aromatic N) is 1. The summed E-state index contributed by atoms with van der Waals surface area (Å²) in [5.74, 6) is 1.53. The van der Waals surface area contributed by atoms with Gasteiger partial charge in [-0.2, -0.15) is 0 Å². The molecule has 3 heteroatoms. The first-order valence-electron chi connectivity index (χ1n) is 6.16. The fourth-order valence-corrected chi connectivity index (χ4v) is 1.44. The number of nitrogens with one attached hydrogen (secondary N) is 1. The van der Waals surface area contributed by atoms with Gasteiger partial charge in [0.2, 0.25) is 0 Å². The molecule has 3 nitrogen and oxygen atoms in total. The van der Waals surface area contributed by atoms with Gasteiger partial charge >= 0.3 is 0 Å². The number of hydrogen-bond acceptors (Lipinski definition) is 1. The molecule has 0 saturated heterocycles. The molecule has 0 amide bonds. The Hall–Kier alpha value is -1.51. The Labute approximate surface area is 104 Å². The zero-order chi connectivity index (χ0) is 12.8. The van der Waals surface area contributed by atoms with Gasteiger partial charge in [-0.25, -0.2) is 0 Å². The summed E-state index contributed by atoms with van der Waals surface area (Å²) in [7, 11) is 0. The Morgan fingerprint density at radius 1 is 1.29 bits per heavy atom. The lowest BCUT2D eigenvalue weighted by molar-refractivity contribution is 0.665. The fraction of sp³-hybridized carbons (Fsp3) is 0.500. The molecular weight excluding hydrogens is 210 g/mol. The monoisotopic (exact) mass is 233 g/mol.